The van der Waals surface area contributed by atoms with E-state index in [-0.39, 0.29) is 12.8 Å². The van der Waals surface area contributed by atoms with Crippen molar-refractivity contribution in [2.75, 3.05) is 6.54 Å². The van der Waals surface area contributed by atoms with Crippen molar-refractivity contribution in [1.82, 2.24) is 0 Å². The van der Waals surface area contributed by atoms with Crippen LogP contribution in [0, 0.1) is 11.3 Å². The van der Waals surface area contributed by atoms with Crippen molar-refractivity contribution >= 4 is 0 Å². The molecule has 3 unspecified atom stereocenters. The third-order valence-electron chi connectivity index (χ3n) is 5.18. The first kappa shape index (κ1) is 17.8. The largest absolute Gasteiger partial charge is 0.390 e. The molecule has 3 N–H and O–H groups in total. The lowest BCUT2D eigenvalue weighted by Gasteiger charge is -2.50. The summed E-state index contributed by atoms with van der Waals surface area (Å²) in [5.74, 6) is 0.529. The van der Waals surface area contributed by atoms with Crippen LogP contribution in [0.1, 0.15) is 65.2 Å². The molecule has 0 amide bonds. The van der Waals surface area contributed by atoms with Gasteiger partial charge in [0.05, 0.1) is 5.60 Å². The molecule has 3 atom stereocenters. The van der Waals surface area contributed by atoms with Gasteiger partial charge in [0.1, 0.15) is 0 Å². The summed E-state index contributed by atoms with van der Waals surface area (Å²) in [4.78, 5) is 0. The van der Waals surface area contributed by atoms with Gasteiger partial charge in [-0.15, -0.1) is 0 Å². The Balaban J connectivity index is 2.70. The lowest BCUT2D eigenvalue weighted by molar-refractivity contribution is -0.144. The van der Waals surface area contributed by atoms with Crippen LogP contribution in [0.25, 0.3) is 0 Å². The highest BCUT2D eigenvalue weighted by molar-refractivity contribution is 5.00. The summed E-state index contributed by atoms with van der Waals surface area (Å²) in [5, 5.41) is 10.8. The van der Waals surface area contributed by atoms with Gasteiger partial charge >= 0.3 is 6.18 Å². The second kappa shape index (κ2) is 6.65. The Labute approximate surface area is 119 Å². The summed E-state index contributed by atoms with van der Waals surface area (Å²) >= 11 is 0. The molecular weight excluding hydrogens is 267 g/mol. The molecule has 0 spiro atoms. The first-order valence-electron chi connectivity index (χ1n) is 7.65. The zero-order chi connectivity index (χ0) is 15.4. The lowest BCUT2D eigenvalue weighted by Crippen LogP contribution is -2.53. The number of rotatable bonds is 6. The van der Waals surface area contributed by atoms with Crippen LogP contribution in [0.3, 0.4) is 0 Å². The monoisotopic (exact) mass is 295 g/mol. The van der Waals surface area contributed by atoms with E-state index in [1.807, 2.05) is 0 Å². The summed E-state index contributed by atoms with van der Waals surface area (Å²) in [6, 6.07) is 0. The maximum Gasteiger partial charge on any atom is 0.389 e. The summed E-state index contributed by atoms with van der Waals surface area (Å²) in [7, 11) is 0. The Bertz CT molecular complexity index is 304. The number of alkyl halides is 3. The maximum atomic E-state index is 12.3. The first-order chi connectivity index (χ1) is 9.16. The molecule has 1 saturated carbocycles. The Morgan fingerprint density at radius 2 is 1.95 bits per heavy atom. The van der Waals surface area contributed by atoms with Crippen LogP contribution in [0.2, 0.25) is 0 Å². The minimum atomic E-state index is -4.15. The van der Waals surface area contributed by atoms with E-state index in [1.54, 1.807) is 6.92 Å². The van der Waals surface area contributed by atoms with Gasteiger partial charge in [-0.1, -0.05) is 26.2 Å². The minimum Gasteiger partial charge on any atom is -0.390 e. The van der Waals surface area contributed by atoms with Crippen LogP contribution in [-0.2, 0) is 0 Å². The quantitative estimate of drug-likeness (QED) is 0.777. The van der Waals surface area contributed by atoms with Crippen LogP contribution < -0.4 is 5.73 Å². The number of nitrogens with two attached hydrogens (primary N) is 1. The van der Waals surface area contributed by atoms with Crippen LogP contribution in [0.4, 0.5) is 13.2 Å². The molecule has 1 aliphatic carbocycles. The van der Waals surface area contributed by atoms with Crippen molar-refractivity contribution in [3.05, 3.63) is 0 Å². The highest BCUT2D eigenvalue weighted by Gasteiger charge is 2.48. The van der Waals surface area contributed by atoms with Crippen molar-refractivity contribution in [1.29, 1.82) is 0 Å². The van der Waals surface area contributed by atoms with Gasteiger partial charge in [-0.3, -0.25) is 0 Å². The van der Waals surface area contributed by atoms with Gasteiger partial charge < -0.3 is 10.8 Å². The van der Waals surface area contributed by atoms with E-state index >= 15 is 0 Å². The van der Waals surface area contributed by atoms with Gasteiger partial charge in [0.2, 0.25) is 0 Å². The van der Waals surface area contributed by atoms with Gasteiger partial charge in [0, 0.05) is 18.4 Å². The molecule has 1 rings (SSSR count). The average Bonchev–Trinajstić information content (AvgIpc) is 2.36. The molecule has 20 heavy (non-hydrogen) atoms. The Morgan fingerprint density at radius 1 is 1.30 bits per heavy atom. The highest BCUT2D eigenvalue weighted by Crippen LogP contribution is 2.49. The Kier molecular flexibility index (Phi) is 5.90. The SMILES string of the molecule is CCC1CCCC(CN)(C(C)(O)CCCC(F)(F)F)C1. The zero-order valence-electron chi connectivity index (χ0n) is 12.6. The molecule has 1 fully saturated rings. The summed E-state index contributed by atoms with van der Waals surface area (Å²) < 4.78 is 36.8. The van der Waals surface area contributed by atoms with Crippen LogP contribution in [0.5, 0.6) is 0 Å². The maximum absolute atomic E-state index is 12.3. The molecule has 0 bridgehead atoms. The second-order valence-corrected chi connectivity index (χ2v) is 6.60. The summed E-state index contributed by atoms with van der Waals surface area (Å²) in [6.45, 7) is 4.15. The van der Waals surface area contributed by atoms with Crippen molar-refractivity contribution in [3.8, 4) is 0 Å². The molecular formula is C15H28F3NO. The van der Waals surface area contributed by atoms with Gasteiger partial charge in [0.25, 0.3) is 0 Å². The molecule has 0 aliphatic heterocycles. The fraction of sp³-hybridized carbons (Fsp3) is 1.00. The standard InChI is InChI=1S/C15H28F3NO/c1-3-12-6-4-8-14(10-12,11-19)13(2,20)7-5-9-15(16,17)18/h12,20H,3-11,19H2,1-2H3. The van der Waals surface area contributed by atoms with Gasteiger partial charge in [0.15, 0.2) is 0 Å². The zero-order valence-corrected chi connectivity index (χ0v) is 12.6. The van der Waals surface area contributed by atoms with Gasteiger partial charge in [-0.05, 0) is 38.5 Å². The lowest BCUT2D eigenvalue weighted by atomic mass is 9.59. The summed E-state index contributed by atoms with van der Waals surface area (Å²) in [5.41, 5.74) is 4.39. The van der Waals surface area contributed by atoms with Crippen LogP contribution in [0.15, 0.2) is 0 Å². The number of hydrogen-bond acceptors (Lipinski definition) is 2. The minimum absolute atomic E-state index is 0.0327. The van der Waals surface area contributed by atoms with Crippen molar-refractivity contribution in [2.24, 2.45) is 17.1 Å². The molecule has 0 aromatic heterocycles. The molecule has 0 aromatic carbocycles. The number of hydrogen-bond donors (Lipinski definition) is 2. The topological polar surface area (TPSA) is 46.2 Å². The van der Waals surface area contributed by atoms with E-state index < -0.39 is 23.6 Å². The van der Waals surface area contributed by atoms with Crippen molar-refractivity contribution in [2.45, 2.75) is 77.0 Å². The van der Waals surface area contributed by atoms with E-state index in [2.05, 4.69) is 6.92 Å². The highest BCUT2D eigenvalue weighted by atomic mass is 19.4. The van der Waals surface area contributed by atoms with E-state index in [9.17, 15) is 18.3 Å². The van der Waals surface area contributed by atoms with E-state index in [1.165, 1.54) is 0 Å². The van der Waals surface area contributed by atoms with E-state index in [4.69, 9.17) is 5.73 Å². The normalized spacial score (nSPS) is 31.1. The smallest absolute Gasteiger partial charge is 0.389 e. The third kappa shape index (κ3) is 4.35. The molecule has 5 heteroatoms. The molecule has 0 aromatic rings. The second-order valence-electron chi connectivity index (χ2n) is 6.60. The predicted octanol–water partition coefficient (Wildman–Crippen LogP) is 4.02. The first-order valence-corrected chi connectivity index (χ1v) is 7.65. The van der Waals surface area contributed by atoms with Crippen molar-refractivity contribution < 1.29 is 18.3 Å². The van der Waals surface area contributed by atoms with E-state index in [0.29, 0.717) is 12.5 Å². The molecule has 120 valence electrons. The number of aliphatic hydroxyl groups is 1. The fourth-order valence-electron chi connectivity index (χ4n) is 3.63. The Morgan fingerprint density at radius 3 is 2.45 bits per heavy atom. The predicted molar refractivity (Wildman–Crippen MR) is 74.3 cm³/mol. The Hall–Kier alpha value is -0.290. The summed E-state index contributed by atoms with van der Waals surface area (Å²) in [6.07, 6.45) is -0.0128. The van der Waals surface area contributed by atoms with Gasteiger partial charge in [-0.25, -0.2) is 0 Å². The van der Waals surface area contributed by atoms with Crippen LogP contribution in [-0.4, -0.2) is 23.4 Å². The number of halogens is 3. The fourth-order valence-corrected chi connectivity index (χ4v) is 3.63. The molecule has 1 aliphatic rings. The third-order valence-corrected chi connectivity index (χ3v) is 5.18. The van der Waals surface area contributed by atoms with Crippen molar-refractivity contribution in [3.63, 3.8) is 0 Å². The molecule has 2 nitrogen and oxygen atoms in total. The van der Waals surface area contributed by atoms with Gasteiger partial charge in [-0.2, -0.15) is 13.2 Å². The molecule has 0 saturated heterocycles. The van der Waals surface area contributed by atoms with Crippen LogP contribution >= 0.6 is 0 Å². The van der Waals surface area contributed by atoms with E-state index in [0.717, 1.165) is 32.1 Å². The molecule has 0 heterocycles. The molecule has 0 radical (unpaired) electrons. The average molecular weight is 295 g/mol.